The van der Waals surface area contributed by atoms with Crippen LogP contribution in [0, 0.1) is 0 Å². The topological polar surface area (TPSA) is 79.5 Å². The van der Waals surface area contributed by atoms with Gasteiger partial charge in [-0.3, -0.25) is 10.1 Å². The summed E-state index contributed by atoms with van der Waals surface area (Å²) in [6, 6.07) is 21.5. The van der Waals surface area contributed by atoms with E-state index in [0.717, 1.165) is 11.1 Å². The fourth-order valence-electron chi connectivity index (χ4n) is 2.84. The van der Waals surface area contributed by atoms with Gasteiger partial charge >= 0.3 is 6.09 Å². The van der Waals surface area contributed by atoms with Crippen molar-refractivity contribution in [2.75, 3.05) is 17.7 Å². The SMILES string of the molecule is CNCc1cccc(NC(=O)c2cc(Cl)cc(NC(=O)OCc3ccccc3)c2)c1. The number of amides is 2. The third-order valence-corrected chi connectivity index (χ3v) is 4.40. The predicted octanol–water partition coefficient (Wildman–Crippen LogP) is 5.06. The molecule has 3 aromatic carbocycles. The molecule has 0 radical (unpaired) electrons. The number of hydrogen-bond donors (Lipinski definition) is 3. The second kappa shape index (κ2) is 10.4. The van der Waals surface area contributed by atoms with Gasteiger partial charge in [0.1, 0.15) is 6.61 Å². The van der Waals surface area contributed by atoms with Gasteiger partial charge < -0.3 is 15.4 Å². The molecule has 6 nitrogen and oxygen atoms in total. The molecule has 0 unspecified atom stereocenters. The van der Waals surface area contributed by atoms with Crippen LogP contribution in [0.15, 0.2) is 72.8 Å². The maximum Gasteiger partial charge on any atom is 0.411 e. The molecular formula is C23H22ClN3O3. The highest BCUT2D eigenvalue weighted by Crippen LogP contribution is 2.21. The second-order valence-corrected chi connectivity index (χ2v) is 7.04. The lowest BCUT2D eigenvalue weighted by Gasteiger charge is -2.11. The van der Waals surface area contributed by atoms with Crippen LogP contribution in [0.3, 0.4) is 0 Å². The van der Waals surface area contributed by atoms with Crippen molar-refractivity contribution in [1.29, 1.82) is 0 Å². The molecule has 0 saturated carbocycles. The lowest BCUT2D eigenvalue weighted by Crippen LogP contribution is -2.16. The van der Waals surface area contributed by atoms with Gasteiger partial charge in [0.15, 0.2) is 0 Å². The Morgan fingerprint density at radius 3 is 2.40 bits per heavy atom. The van der Waals surface area contributed by atoms with E-state index in [9.17, 15) is 9.59 Å². The lowest BCUT2D eigenvalue weighted by atomic mass is 10.1. The summed E-state index contributed by atoms with van der Waals surface area (Å²) < 4.78 is 5.20. The summed E-state index contributed by atoms with van der Waals surface area (Å²) in [5.41, 5.74) is 3.28. The minimum Gasteiger partial charge on any atom is -0.444 e. The number of hydrogen-bond acceptors (Lipinski definition) is 4. The van der Waals surface area contributed by atoms with Crippen molar-refractivity contribution >= 4 is 35.0 Å². The van der Waals surface area contributed by atoms with Gasteiger partial charge in [-0.2, -0.15) is 0 Å². The van der Waals surface area contributed by atoms with Crippen molar-refractivity contribution in [3.63, 3.8) is 0 Å². The number of rotatable bonds is 7. The minimum absolute atomic E-state index is 0.142. The maximum atomic E-state index is 12.7. The molecule has 0 aliphatic rings. The van der Waals surface area contributed by atoms with Crippen LogP contribution < -0.4 is 16.0 Å². The first kappa shape index (κ1) is 21.4. The van der Waals surface area contributed by atoms with Crippen LogP contribution in [0.1, 0.15) is 21.5 Å². The molecule has 0 saturated heterocycles. The first-order chi connectivity index (χ1) is 14.5. The van der Waals surface area contributed by atoms with Crippen LogP contribution in [0.25, 0.3) is 0 Å². The molecule has 7 heteroatoms. The average molecular weight is 424 g/mol. The molecule has 3 N–H and O–H groups in total. The first-order valence-corrected chi connectivity index (χ1v) is 9.74. The second-order valence-electron chi connectivity index (χ2n) is 6.60. The van der Waals surface area contributed by atoms with Crippen molar-refractivity contribution in [3.05, 3.63) is 94.5 Å². The van der Waals surface area contributed by atoms with E-state index in [0.29, 0.717) is 28.5 Å². The van der Waals surface area contributed by atoms with Crippen molar-refractivity contribution in [1.82, 2.24) is 5.32 Å². The van der Waals surface area contributed by atoms with Crippen molar-refractivity contribution in [3.8, 4) is 0 Å². The molecule has 0 aliphatic carbocycles. The van der Waals surface area contributed by atoms with E-state index in [2.05, 4.69) is 16.0 Å². The number of nitrogens with one attached hydrogen (secondary N) is 3. The zero-order chi connectivity index (χ0) is 21.3. The third-order valence-electron chi connectivity index (χ3n) is 4.18. The Kier molecular flexibility index (Phi) is 7.43. The van der Waals surface area contributed by atoms with E-state index in [1.54, 1.807) is 12.1 Å². The van der Waals surface area contributed by atoms with E-state index in [4.69, 9.17) is 16.3 Å². The third kappa shape index (κ3) is 6.34. The number of benzene rings is 3. The van der Waals surface area contributed by atoms with E-state index in [1.165, 1.54) is 6.07 Å². The Labute approximate surface area is 180 Å². The summed E-state index contributed by atoms with van der Waals surface area (Å²) in [6.45, 7) is 0.837. The van der Waals surface area contributed by atoms with Crippen molar-refractivity contribution in [2.45, 2.75) is 13.2 Å². The summed E-state index contributed by atoms with van der Waals surface area (Å²) in [5.74, 6) is -0.334. The molecular weight excluding hydrogens is 402 g/mol. The van der Waals surface area contributed by atoms with E-state index >= 15 is 0 Å². The minimum atomic E-state index is -0.632. The van der Waals surface area contributed by atoms with Gasteiger partial charge in [0, 0.05) is 28.5 Å². The molecule has 0 aromatic heterocycles. The summed E-state index contributed by atoms with van der Waals surface area (Å²) in [5, 5.41) is 8.84. The fourth-order valence-corrected chi connectivity index (χ4v) is 3.07. The van der Waals surface area contributed by atoms with E-state index in [-0.39, 0.29) is 12.5 Å². The highest BCUT2D eigenvalue weighted by molar-refractivity contribution is 6.31. The average Bonchev–Trinajstić information content (AvgIpc) is 2.73. The molecule has 0 heterocycles. The first-order valence-electron chi connectivity index (χ1n) is 9.36. The zero-order valence-electron chi connectivity index (χ0n) is 16.4. The molecule has 0 fully saturated rings. The predicted molar refractivity (Wildman–Crippen MR) is 119 cm³/mol. The van der Waals surface area contributed by atoms with Crippen molar-refractivity contribution in [2.24, 2.45) is 0 Å². The zero-order valence-corrected chi connectivity index (χ0v) is 17.2. The summed E-state index contributed by atoms with van der Waals surface area (Å²) in [4.78, 5) is 24.7. The Morgan fingerprint density at radius 2 is 1.63 bits per heavy atom. The van der Waals surface area contributed by atoms with Crippen LogP contribution >= 0.6 is 11.6 Å². The van der Waals surface area contributed by atoms with E-state index in [1.807, 2.05) is 61.6 Å². The van der Waals surface area contributed by atoms with Gasteiger partial charge in [-0.25, -0.2) is 4.79 Å². The van der Waals surface area contributed by atoms with Gasteiger partial charge in [0.05, 0.1) is 0 Å². The Hall–Kier alpha value is -3.35. The molecule has 2 amide bonds. The van der Waals surface area contributed by atoms with Gasteiger partial charge in [-0.15, -0.1) is 0 Å². The maximum absolute atomic E-state index is 12.7. The van der Waals surface area contributed by atoms with Crippen molar-refractivity contribution < 1.29 is 14.3 Å². The van der Waals surface area contributed by atoms with E-state index < -0.39 is 6.09 Å². The van der Waals surface area contributed by atoms with Crippen LogP contribution in [-0.4, -0.2) is 19.0 Å². The van der Waals surface area contributed by atoms with Crippen LogP contribution in [-0.2, 0) is 17.9 Å². The van der Waals surface area contributed by atoms with Gasteiger partial charge in [-0.05, 0) is 48.5 Å². The standard InChI is InChI=1S/C23H22ClN3O3/c1-25-14-17-8-5-9-20(10-17)26-22(28)18-11-19(24)13-21(12-18)27-23(29)30-15-16-6-3-2-4-7-16/h2-13,25H,14-15H2,1H3,(H,26,28)(H,27,29). The molecule has 3 aromatic rings. The van der Waals surface area contributed by atoms with Gasteiger partial charge in [-0.1, -0.05) is 54.1 Å². The normalized spacial score (nSPS) is 10.3. The highest BCUT2D eigenvalue weighted by Gasteiger charge is 2.11. The quantitative estimate of drug-likeness (QED) is 0.496. The number of carbonyl (C=O) groups excluding carboxylic acids is 2. The highest BCUT2D eigenvalue weighted by atomic mass is 35.5. The monoisotopic (exact) mass is 423 g/mol. The lowest BCUT2D eigenvalue weighted by molar-refractivity contribution is 0.102. The number of ether oxygens (including phenoxy) is 1. The molecule has 30 heavy (non-hydrogen) atoms. The van der Waals surface area contributed by atoms with Crippen LogP contribution in [0.4, 0.5) is 16.2 Å². The molecule has 0 bridgehead atoms. The fraction of sp³-hybridized carbons (Fsp3) is 0.130. The number of anilines is 2. The number of halogens is 1. The molecule has 0 atom stereocenters. The molecule has 154 valence electrons. The molecule has 0 spiro atoms. The van der Waals surface area contributed by atoms with Gasteiger partial charge in [0.25, 0.3) is 5.91 Å². The molecule has 0 aliphatic heterocycles. The number of carbonyl (C=O) groups is 2. The van der Waals surface area contributed by atoms with Gasteiger partial charge in [0.2, 0.25) is 0 Å². The Balaban J connectivity index is 1.64. The Morgan fingerprint density at radius 1 is 0.867 bits per heavy atom. The van der Waals surface area contributed by atoms with Crippen LogP contribution in [0.2, 0.25) is 5.02 Å². The Bertz CT molecular complexity index is 1030. The summed E-state index contributed by atoms with van der Waals surface area (Å²) >= 11 is 6.14. The molecule has 3 rings (SSSR count). The largest absolute Gasteiger partial charge is 0.444 e. The summed E-state index contributed by atoms with van der Waals surface area (Å²) in [7, 11) is 1.86. The van der Waals surface area contributed by atoms with Crippen LogP contribution in [0.5, 0.6) is 0 Å². The smallest absolute Gasteiger partial charge is 0.411 e. The summed E-state index contributed by atoms with van der Waals surface area (Å²) in [6.07, 6.45) is -0.632.